The smallest absolute Gasteiger partial charge is 0.251 e. The summed E-state index contributed by atoms with van der Waals surface area (Å²) in [5.74, 6) is 0.669. The predicted molar refractivity (Wildman–Crippen MR) is 172 cm³/mol. The number of rotatable bonds is 6. The second-order valence-corrected chi connectivity index (χ2v) is 11.5. The molecule has 0 radical (unpaired) electrons. The Kier molecular flexibility index (Phi) is 6.78. The van der Waals surface area contributed by atoms with Crippen molar-refractivity contribution in [2.45, 2.75) is 5.92 Å². The average Bonchev–Trinajstić information content (AvgIpc) is 3.72. The number of aromatic nitrogens is 4. The van der Waals surface area contributed by atoms with Crippen LogP contribution in [0.1, 0.15) is 22.7 Å². The molecule has 42 heavy (non-hydrogen) atoms. The van der Waals surface area contributed by atoms with Crippen molar-refractivity contribution < 1.29 is 0 Å². The molecule has 0 fully saturated rings. The van der Waals surface area contributed by atoms with Crippen molar-refractivity contribution >= 4 is 33.8 Å². The first kappa shape index (κ1) is 26.1. The van der Waals surface area contributed by atoms with Crippen LogP contribution in [0.4, 0.5) is 0 Å². The van der Waals surface area contributed by atoms with Crippen molar-refractivity contribution in [3.8, 4) is 33.2 Å². The minimum atomic E-state index is -0.141. The van der Waals surface area contributed by atoms with Gasteiger partial charge in [-0.05, 0) is 35.4 Å². The Morgan fingerprint density at radius 3 is 2.26 bits per heavy atom. The highest BCUT2D eigenvalue weighted by Gasteiger charge is 2.22. The Morgan fingerprint density at radius 1 is 0.833 bits per heavy atom. The van der Waals surface area contributed by atoms with E-state index in [4.69, 9.17) is 21.6 Å². The molecular formula is C35H25ClN4OS. The van der Waals surface area contributed by atoms with E-state index in [1.807, 2.05) is 97.5 Å². The Labute approximate surface area is 251 Å². The highest BCUT2D eigenvalue weighted by molar-refractivity contribution is 7.13. The number of thiazole rings is 1. The van der Waals surface area contributed by atoms with Crippen molar-refractivity contribution in [3.63, 3.8) is 0 Å². The summed E-state index contributed by atoms with van der Waals surface area (Å²) in [5, 5.41) is 4.50. The van der Waals surface area contributed by atoms with Gasteiger partial charge in [0.1, 0.15) is 10.8 Å². The van der Waals surface area contributed by atoms with Crippen molar-refractivity contribution in [2.24, 2.45) is 7.05 Å². The highest BCUT2D eigenvalue weighted by atomic mass is 35.5. The van der Waals surface area contributed by atoms with Crippen LogP contribution in [0.25, 0.3) is 44.1 Å². The maximum Gasteiger partial charge on any atom is 0.251 e. The molecule has 0 amide bonds. The molecule has 0 aliphatic rings. The summed E-state index contributed by atoms with van der Waals surface area (Å²) in [6.07, 6.45) is 1.90. The van der Waals surface area contributed by atoms with Crippen LogP contribution in [0.2, 0.25) is 5.02 Å². The summed E-state index contributed by atoms with van der Waals surface area (Å²) >= 11 is 7.83. The zero-order valence-electron chi connectivity index (χ0n) is 22.7. The number of aromatic amines is 1. The molecule has 1 unspecified atom stereocenters. The molecule has 4 aromatic carbocycles. The second kappa shape index (κ2) is 10.9. The zero-order valence-corrected chi connectivity index (χ0v) is 24.2. The normalized spacial score (nSPS) is 12.0. The topological polar surface area (TPSA) is 63.6 Å². The van der Waals surface area contributed by atoms with Crippen LogP contribution in [-0.4, -0.2) is 19.5 Å². The van der Waals surface area contributed by atoms with Crippen LogP contribution in [-0.2, 0) is 7.05 Å². The third-order valence-corrected chi connectivity index (χ3v) is 8.69. The van der Waals surface area contributed by atoms with Gasteiger partial charge in [-0.25, -0.2) is 9.97 Å². The Bertz CT molecular complexity index is 2080. The molecule has 0 aliphatic carbocycles. The van der Waals surface area contributed by atoms with E-state index in [1.165, 1.54) is 0 Å². The lowest BCUT2D eigenvalue weighted by molar-refractivity contribution is 0.902. The van der Waals surface area contributed by atoms with E-state index in [-0.39, 0.29) is 11.5 Å². The fourth-order valence-electron chi connectivity index (χ4n) is 5.41. The molecule has 3 aromatic heterocycles. The van der Waals surface area contributed by atoms with E-state index in [9.17, 15) is 4.79 Å². The molecule has 1 atom stereocenters. The maximum absolute atomic E-state index is 13.0. The van der Waals surface area contributed by atoms with Crippen LogP contribution >= 0.6 is 22.9 Å². The number of H-pyrrole nitrogens is 1. The number of imidazole rings is 1. The predicted octanol–water partition coefficient (Wildman–Crippen LogP) is 8.55. The van der Waals surface area contributed by atoms with E-state index < -0.39 is 0 Å². The fraction of sp³-hybridized carbons (Fsp3) is 0.0571. The first-order chi connectivity index (χ1) is 20.5. The van der Waals surface area contributed by atoms with Gasteiger partial charge in [0.2, 0.25) is 0 Å². The van der Waals surface area contributed by atoms with Gasteiger partial charge in [-0.1, -0.05) is 90.5 Å². The molecule has 3 heterocycles. The molecular weight excluding hydrogens is 560 g/mol. The summed E-state index contributed by atoms with van der Waals surface area (Å²) in [4.78, 5) is 26.3. The number of halogens is 1. The number of benzene rings is 4. The first-order valence-electron chi connectivity index (χ1n) is 13.6. The van der Waals surface area contributed by atoms with Gasteiger partial charge < -0.3 is 9.55 Å². The molecule has 7 aromatic rings. The van der Waals surface area contributed by atoms with Crippen LogP contribution < -0.4 is 5.56 Å². The lowest BCUT2D eigenvalue weighted by Crippen LogP contribution is -2.16. The Morgan fingerprint density at radius 2 is 1.52 bits per heavy atom. The Hall–Kier alpha value is -4.78. The number of fused-ring (bicyclic) bond motifs is 1. The number of hydrogen-bond acceptors (Lipinski definition) is 4. The van der Waals surface area contributed by atoms with E-state index in [2.05, 4.69) is 29.2 Å². The minimum absolute atomic E-state index is 0.0722. The number of hydrogen-bond donors (Lipinski definition) is 1. The van der Waals surface area contributed by atoms with Crippen molar-refractivity contribution in [1.29, 1.82) is 0 Å². The molecule has 7 heteroatoms. The summed E-state index contributed by atoms with van der Waals surface area (Å²) in [6, 6.07) is 36.1. The SMILES string of the molecule is Cn1c(=O)cc(-c2nc(-c3ccccc3)cs2)c2cc(C(c3ccc(Cl)cc3)c3cnc(-c4ccccc4)[nH]3)ccc21. The molecule has 0 saturated heterocycles. The minimum Gasteiger partial charge on any atom is -0.341 e. The molecule has 0 saturated carbocycles. The molecule has 0 spiro atoms. The van der Waals surface area contributed by atoms with Gasteiger partial charge in [0.05, 0.1) is 17.1 Å². The van der Waals surface area contributed by atoms with Gasteiger partial charge in [-0.2, -0.15) is 0 Å². The molecule has 0 bridgehead atoms. The van der Waals surface area contributed by atoms with Gasteiger partial charge in [-0.3, -0.25) is 4.79 Å². The molecule has 1 N–H and O–H groups in total. The molecule has 7 rings (SSSR count). The third kappa shape index (κ3) is 4.85. The van der Waals surface area contributed by atoms with Crippen LogP contribution in [0, 0.1) is 0 Å². The van der Waals surface area contributed by atoms with Gasteiger partial charge in [0.25, 0.3) is 5.56 Å². The van der Waals surface area contributed by atoms with E-state index in [0.29, 0.717) is 5.02 Å². The largest absolute Gasteiger partial charge is 0.341 e. The molecule has 0 aliphatic heterocycles. The Balaban J connectivity index is 1.40. The van der Waals surface area contributed by atoms with Crippen molar-refractivity contribution in [3.05, 3.63) is 153 Å². The first-order valence-corrected chi connectivity index (χ1v) is 14.8. The van der Waals surface area contributed by atoms with Crippen LogP contribution in [0.15, 0.2) is 126 Å². The lowest BCUT2D eigenvalue weighted by atomic mass is 9.87. The molecule has 204 valence electrons. The van der Waals surface area contributed by atoms with Crippen molar-refractivity contribution in [1.82, 2.24) is 19.5 Å². The summed E-state index contributed by atoms with van der Waals surface area (Å²) in [7, 11) is 1.81. The quantitative estimate of drug-likeness (QED) is 0.213. The average molecular weight is 585 g/mol. The van der Waals surface area contributed by atoms with Crippen LogP contribution in [0.3, 0.4) is 0 Å². The number of aryl methyl sites for hydroxylation is 1. The van der Waals surface area contributed by atoms with E-state index in [1.54, 1.807) is 22.0 Å². The second-order valence-electron chi connectivity index (χ2n) is 10.2. The van der Waals surface area contributed by atoms with E-state index >= 15 is 0 Å². The standard InChI is InChI=1S/C35H25ClN4OS/c1-40-31-17-14-25(18-27(31)28(19-32(40)41)35-39-30(21-42-35)22-8-4-2-5-9-22)33(23-12-15-26(36)16-13-23)29-20-37-34(38-29)24-10-6-3-7-11-24/h2-21,33H,1H3,(H,37,38). The zero-order chi connectivity index (χ0) is 28.6. The van der Waals surface area contributed by atoms with Gasteiger partial charge in [0, 0.05) is 57.5 Å². The summed E-state index contributed by atoms with van der Waals surface area (Å²) in [6.45, 7) is 0. The summed E-state index contributed by atoms with van der Waals surface area (Å²) in [5.41, 5.74) is 7.66. The van der Waals surface area contributed by atoms with E-state index in [0.717, 1.165) is 60.9 Å². The van der Waals surface area contributed by atoms with Gasteiger partial charge in [-0.15, -0.1) is 11.3 Å². The number of nitrogens with one attached hydrogen (secondary N) is 1. The maximum atomic E-state index is 13.0. The van der Waals surface area contributed by atoms with Crippen LogP contribution in [0.5, 0.6) is 0 Å². The van der Waals surface area contributed by atoms with Gasteiger partial charge >= 0.3 is 0 Å². The fourth-order valence-corrected chi connectivity index (χ4v) is 6.39. The highest BCUT2D eigenvalue weighted by Crippen LogP contribution is 2.37. The molecule has 5 nitrogen and oxygen atoms in total. The van der Waals surface area contributed by atoms with Gasteiger partial charge in [0.15, 0.2) is 0 Å². The third-order valence-electron chi connectivity index (χ3n) is 7.57. The number of pyridine rings is 1. The monoisotopic (exact) mass is 584 g/mol. The summed E-state index contributed by atoms with van der Waals surface area (Å²) < 4.78 is 1.69. The lowest BCUT2D eigenvalue weighted by Gasteiger charge is -2.19. The van der Waals surface area contributed by atoms with Crippen molar-refractivity contribution in [2.75, 3.05) is 0 Å². The number of nitrogens with zero attached hydrogens (tertiary/aromatic N) is 3.